The van der Waals surface area contributed by atoms with Crippen molar-refractivity contribution in [2.45, 2.75) is 52.5 Å². The van der Waals surface area contributed by atoms with Crippen LogP contribution in [-0.4, -0.2) is 16.1 Å². The molecule has 2 N–H and O–H groups in total. The number of amides is 1. The molecule has 0 spiro atoms. The van der Waals surface area contributed by atoms with Crippen LogP contribution in [0.15, 0.2) is 54.6 Å². The summed E-state index contributed by atoms with van der Waals surface area (Å²) in [6.07, 6.45) is 1.95. The van der Waals surface area contributed by atoms with Gasteiger partial charge in [0.15, 0.2) is 0 Å². The van der Waals surface area contributed by atoms with E-state index in [1.807, 2.05) is 31.2 Å². The van der Waals surface area contributed by atoms with Gasteiger partial charge in [0.2, 0.25) is 0 Å². The van der Waals surface area contributed by atoms with Gasteiger partial charge in [-0.2, -0.15) is 5.10 Å². The molecule has 28 heavy (non-hydrogen) atoms. The van der Waals surface area contributed by atoms with Gasteiger partial charge in [0.05, 0.1) is 11.7 Å². The molecule has 146 valence electrons. The molecule has 0 aliphatic rings. The van der Waals surface area contributed by atoms with E-state index >= 15 is 0 Å². The van der Waals surface area contributed by atoms with Gasteiger partial charge in [0, 0.05) is 5.56 Å². The smallest absolute Gasteiger partial charge is 0.269 e. The van der Waals surface area contributed by atoms with E-state index in [9.17, 15) is 4.79 Å². The molecule has 3 rings (SSSR count). The van der Waals surface area contributed by atoms with Crippen LogP contribution in [0.4, 0.5) is 0 Å². The Morgan fingerprint density at radius 2 is 1.64 bits per heavy atom. The van der Waals surface area contributed by atoms with Crippen molar-refractivity contribution in [3.63, 3.8) is 0 Å². The maximum atomic E-state index is 12.7. The van der Waals surface area contributed by atoms with Crippen LogP contribution in [0.2, 0.25) is 0 Å². The van der Waals surface area contributed by atoms with Crippen LogP contribution in [0.5, 0.6) is 0 Å². The summed E-state index contributed by atoms with van der Waals surface area (Å²) in [6.45, 7) is 8.56. The van der Waals surface area contributed by atoms with Gasteiger partial charge < -0.3 is 5.32 Å². The van der Waals surface area contributed by atoms with Gasteiger partial charge in [0.1, 0.15) is 5.69 Å². The highest BCUT2D eigenvalue weighted by Crippen LogP contribution is 2.23. The Morgan fingerprint density at radius 1 is 1.00 bits per heavy atom. The molecule has 2 aromatic carbocycles. The monoisotopic (exact) mass is 375 g/mol. The first kappa shape index (κ1) is 19.9. The first-order valence-electron chi connectivity index (χ1n) is 10.0. The molecule has 1 aromatic heterocycles. The third-order valence-corrected chi connectivity index (χ3v) is 5.40. The number of nitrogens with zero attached hydrogens (tertiary/aromatic N) is 1. The molecule has 0 saturated carbocycles. The highest BCUT2D eigenvalue weighted by atomic mass is 16.2. The van der Waals surface area contributed by atoms with Crippen LogP contribution in [0, 0.1) is 6.92 Å². The molecule has 2 unspecified atom stereocenters. The summed E-state index contributed by atoms with van der Waals surface area (Å²) in [4.78, 5) is 12.7. The Balaban J connectivity index is 1.71. The zero-order valence-electron chi connectivity index (χ0n) is 17.1. The number of aromatic nitrogens is 2. The van der Waals surface area contributed by atoms with Gasteiger partial charge in [-0.1, -0.05) is 74.9 Å². The van der Waals surface area contributed by atoms with E-state index in [0.717, 1.165) is 29.7 Å². The third-order valence-electron chi connectivity index (χ3n) is 5.40. The predicted molar refractivity (Wildman–Crippen MR) is 114 cm³/mol. The van der Waals surface area contributed by atoms with E-state index in [1.165, 1.54) is 11.1 Å². The molecule has 1 amide bonds. The minimum Gasteiger partial charge on any atom is -0.344 e. The molecule has 0 aliphatic carbocycles. The second-order valence-electron chi connectivity index (χ2n) is 7.44. The third kappa shape index (κ3) is 4.50. The highest BCUT2D eigenvalue weighted by molar-refractivity contribution is 5.93. The molecule has 4 heteroatoms. The number of benzene rings is 2. The number of carbonyl (C=O) groups excluding carboxylic acids is 1. The van der Waals surface area contributed by atoms with Crippen molar-refractivity contribution in [3.8, 4) is 11.3 Å². The van der Waals surface area contributed by atoms with Crippen LogP contribution in [0.1, 0.15) is 72.8 Å². The largest absolute Gasteiger partial charge is 0.344 e. The van der Waals surface area contributed by atoms with Crippen LogP contribution in [0.25, 0.3) is 11.3 Å². The number of nitrogens with one attached hydrogen (secondary N) is 2. The number of carbonyl (C=O) groups is 1. The summed E-state index contributed by atoms with van der Waals surface area (Å²) in [5.41, 5.74) is 5.90. The molecule has 2 atom stereocenters. The molecular formula is C24H29N3O. The quantitative estimate of drug-likeness (QED) is 0.550. The Hall–Kier alpha value is -2.88. The Labute approximate surface area is 167 Å². The van der Waals surface area contributed by atoms with E-state index in [-0.39, 0.29) is 11.9 Å². The molecule has 0 saturated heterocycles. The lowest BCUT2D eigenvalue weighted by Crippen LogP contribution is -2.28. The van der Waals surface area contributed by atoms with Gasteiger partial charge in [-0.25, -0.2) is 0 Å². The van der Waals surface area contributed by atoms with Gasteiger partial charge in [-0.3, -0.25) is 9.89 Å². The van der Waals surface area contributed by atoms with E-state index in [4.69, 9.17) is 0 Å². The zero-order valence-corrected chi connectivity index (χ0v) is 17.1. The normalized spacial score (nSPS) is 13.1. The molecule has 0 radical (unpaired) electrons. The molecule has 1 heterocycles. The molecule has 3 aromatic rings. The average Bonchev–Trinajstić information content (AvgIpc) is 3.22. The molecule has 4 nitrogen and oxygen atoms in total. The average molecular weight is 376 g/mol. The van der Waals surface area contributed by atoms with E-state index < -0.39 is 0 Å². The van der Waals surface area contributed by atoms with Crippen molar-refractivity contribution in [1.29, 1.82) is 0 Å². The lowest BCUT2D eigenvalue weighted by atomic mass is 9.95. The first-order chi connectivity index (χ1) is 13.5. The van der Waals surface area contributed by atoms with Crippen molar-refractivity contribution >= 4 is 5.91 Å². The second kappa shape index (κ2) is 8.87. The second-order valence-corrected chi connectivity index (χ2v) is 7.44. The summed E-state index contributed by atoms with van der Waals surface area (Å²) in [5.74, 6) is 0.414. The summed E-state index contributed by atoms with van der Waals surface area (Å²) >= 11 is 0. The Kier molecular flexibility index (Phi) is 6.30. The number of rotatable bonds is 7. The van der Waals surface area contributed by atoms with E-state index in [1.54, 1.807) is 6.07 Å². The fourth-order valence-corrected chi connectivity index (χ4v) is 3.26. The topological polar surface area (TPSA) is 57.8 Å². The Bertz CT molecular complexity index is 910. The van der Waals surface area contributed by atoms with Gasteiger partial charge in [-0.15, -0.1) is 0 Å². The zero-order chi connectivity index (χ0) is 20.1. The minimum absolute atomic E-state index is 0.0235. The number of hydrogen-bond acceptors (Lipinski definition) is 2. The number of hydrogen-bond donors (Lipinski definition) is 2. The summed E-state index contributed by atoms with van der Waals surface area (Å²) in [6, 6.07) is 18.5. The fourth-order valence-electron chi connectivity index (χ4n) is 3.26. The fraction of sp³-hybridized carbons (Fsp3) is 0.333. The molecule has 0 aliphatic heterocycles. The maximum Gasteiger partial charge on any atom is 0.269 e. The summed E-state index contributed by atoms with van der Waals surface area (Å²) in [7, 11) is 0. The van der Waals surface area contributed by atoms with Crippen molar-refractivity contribution < 1.29 is 4.79 Å². The standard InChI is InChI=1S/C24H29N3O/c1-5-17(4)18-11-13-19(14-12-18)21(6-2)25-24(28)23-15-22(26-27-23)20-9-7-16(3)8-10-20/h7-15,17,21H,5-6H2,1-4H3,(H,25,28)(H,26,27). The van der Waals surface area contributed by atoms with Crippen molar-refractivity contribution in [2.75, 3.05) is 0 Å². The van der Waals surface area contributed by atoms with Crippen molar-refractivity contribution in [2.24, 2.45) is 0 Å². The number of H-pyrrole nitrogens is 1. The number of aromatic amines is 1. The highest BCUT2D eigenvalue weighted by Gasteiger charge is 2.17. The lowest BCUT2D eigenvalue weighted by molar-refractivity contribution is 0.0930. The number of aryl methyl sites for hydroxylation is 1. The van der Waals surface area contributed by atoms with Gasteiger partial charge in [-0.05, 0) is 42.9 Å². The maximum absolute atomic E-state index is 12.7. The van der Waals surface area contributed by atoms with Crippen LogP contribution >= 0.6 is 0 Å². The lowest BCUT2D eigenvalue weighted by Gasteiger charge is -2.18. The first-order valence-corrected chi connectivity index (χ1v) is 10.0. The van der Waals surface area contributed by atoms with Gasteiger partial charge >= 0.3 is 0 Å². The van der Waals surface area contributed by atoms with Crippen molar-refractivity contribution in [1.82, 2.24) is 15.5 Å². The predicted octanol–water partition coefficient (Wildman–Crippen LogP) is 5.78. The SMILES string of the molecule is CCC(C)c1ccc(C(CC)NC(=O)c2cc(-c3ccc(C)cc3)n[nH]2)cc1. The van der Waals surface area contributed by atoms with Crippen LogP contribution in [0.3, 0.4) is 0 Å². The Morgan fingerprint density at radius 3 is 2.25 bits per heavy atom. The van der Waals surface area contributed by atoms with Gasteiger partial charge in [0.25, 0.3) is 5.91 Å². The molecule has 0 fully saturated rings. The van der Waals surface area contributed by atoms with Crippen LogP contribution < -0.4 is 5.32 Å². The van der Waals surface area contributed by atoms with Crippen molar-refractivity contribution in [3.05, 3.63) is 77.0 Å². The molecule has 0 bridgehead atoms. The van der Waals surface area contributed by atoms with E-state index in [2.05, 4.69) is 60.6 Å². The summed E-state index contributed by atoms with van der Waals surface area (Å²) in [5, 5.41) is 10.3. The minimum atomic E-state index is -0.135. The molecular weight excluding hydrogens is 346 g/mol. The van der Waals surface area contributed by atoms with E-state index in [0.29, 0.717) is 11.6 Å². The van der Waals surface area contributed by atoms with Crippen LogP contribution in [-0.2, 0) is 0 Å². The summed E-state index contributed by atoms with van der Waals surface area (Å²) < 4.78 is 0.